The van der Waals surface area contributed by atoms with Gasteiger partial charge in [-0.25, -0.2) is 4.79 Å². The molecule has 0 radical (unpaired) electrons. The lowest BCUT2D eigenvalue weighted by atomic mass is 10.2. The molecule has 0 saturated heterocycles. The molecule has 5 nitrogen and oxygen atoms in total. The molecule has 1 amide bonds. The quantitative estimate of drug-likeness (QED) is 0.737. The van der Waals surface area contributed by atoms with Gasteiger partial charge in [-0.1, -0.05) is 6.07 Å². The van der Waals surface area contributed by atoms with E-state index in [1.54, 1.807) is 19.2 Å². The Balaban J connectivity index is 2.44. The van der Waals surface area contributed by atoms with E-state index >= 15 is 0 Å². The zero-order valence-corrected chi connectivity index (χ0v) is 10.8. The first-order valence-electron chi connectivity index (χ1n) is 5.33. The lowest BCUT2D eigenvalue weighted by molar-refractivity contribution is -0.113. The molecular formula is C12H15NO4S. The number of carboxylic acid groups (broad SMARTS) is 1. The fourth-order valence-electron chi connectivity index (χ4n) is 1.23. The van der Waals surface area contributed by atoms with Gasteiger partial charge < -0.3 is 15.2 Å². The van der Waals surface area contributed by atoms with Crippen LogP contribution in [-0.2, 0) is 9.53 Å². The fourth-order valence-corrected chi connectivity index (χ4v) is 1.92. The van der Waals surface area contributed by atoms with Crippen molar-refractivity contribution in [3.63, 3.8) is 0 Å². The first-order valence-corrected chi connectivity index (χ1v) is 6.49. The number of benzene rings is 1. The highest BCUT2D eigenvalue weighted by atomic mass is 32.2. The summed E-state index contributed by atoms with van der Waals surface area (Å²) >= 11 is 1.46. The number of carbonyl (C=O) groups excluding carboxylic acids is 1. The maximum atomic E-state index is 11.5. The molecule has 1 rings (SSSR count). The monoisotopic (exact) mass is 269 g/mol. The van der Waals surface area contributed by atoms with Crippen LogP contribution in [0.4, 0.5) is 5.69 Å². The SMILES string of the molecule is COCCSCC(=O)Nc1cccc(C(=O)O)c1. The van der Waals surface area contributed by atoms with E-state index in [0.717, 1.165) is 5.75 Å². The smallest absolute Gasteiger partial charge is 0.335 e. The van der Waals surface area contributed by atoms with Crippen molar-refractivity contribution in [3.05, 3.63) is 29.8 Å². The summed E-state index contributed by atoms with van der Waals surface area (Å²) in [6.45, 7) is 0.604. The average molecular weight is 269 g/mol. The number of carbonyl (C=O) groups is 2. The molecule has 0 aliphatic rings. The van der Waals surface area contributed by atoms with Crippen molar-refractivity contribution >= 4 is 29.3 Å². The highest BCUT2D eigenvalue weighted by Crippen LogP contribution is 2.11. The van der Waals surface area contributed by atoms with E-state index < -0.39 is 5.97 Å². The van der Waals surface area contributed by atoms with Crippen molar-refractivity contribution in [2.75, 3.05) is 30.5 Å². The van der Waals surface area contributed by atoms with Crippen LogP contribution in [0, 0.1) is 0 Å². The van der Waals surface area contributed by atoms with Gasteiger partial charge in [-0.05, 0) is 18.2 Å². The number of aromatic carboxylic acids is 1. The van der Waals surface area contributed by atoms with E-state index in [-0.39, 0.29) is 11.5 Å². The summed E-state index contributed by atoms with van der Waals surface area (Å²) in [5.41, 5.74) is 0.645. The molecule has 2 N–H and O–H groups in total. The molecule has 0 unspecified atom stereocenters. The van der Waals surface area contributed by atoms with Crippen molar-refractivity contribution in [2.45, 2.75) is 0 Å². The van der Waals surface area contributed by atoms with E-state index in [4.69, 9.17) is 9.84 Å². The van der Waals surface area contributed by atoms with Crippen LogP contribution in [-0.4, -0.2) is 42.2 Å². The second-order valence-corrected chi connectivity index (χ2v) is 4.58. The zero-order valence-electron chi connectivity index (χ0n) is 10.0. The van der Waals surface area contributed by atoms with E-state index in [1.807, 2.05) is 0 Å². The molecule has 0 heterocycles. The van der Waals surface area contributed by atoms with Crippen molar-refractivity contribution < 1.29 is 19.4 Å². The predicted octanol–water partition coefficient (Wildman–Crippen LogP) is 1.70. The average Bonchev–Trinajstić information content (AvgIpc) is 2.35. The molecule has 0 aliphatic heterocycles. The van der Waals surface area contributed by atoms with Crippen molar-refractivity contribution in [1.29, 1.82) is 0 Å². The third-order valence-corrected chi connectivity index (χ3v) is 2.98. The third kappa shape index (κ3) is 5.20. The number of anilines is 1. The number of hydrogen-bond donors (Lipinski definition) is 2. The Labute approximate surface area is 110 Å². The molecular weight excluding hydrogens is 254 g/mol. The van der Waals surface area contributed by atoms with Crippen LogP contribution in [0.1, 0.15) is 10.4 Å². The second-order valence-electron chi connectivity index (χ2n) is 3.48. The molecule has 0 aliphatic carbocycles. The topological polar surface area (TPSA) is 75.6 Å². The van der Waals surface area contributed by atoms with Gasteiger partial charge >= 0.3 is 5.97 Å². The fraction of sp³-hybridized carbons (Fsp3) is 0.333. The summed E-state index contributed by atoms with van der Waals surface area (Å²) in [4.78, 5) is 22.3. The highest BCUT2D eigenvalue weighted by molar-refractivity contribution is 7.99. The van der Waals surface area contributed by atoms with Crippen LogP contribution in [0.15, 0.2) is 24.3 Å². The number of ether oxygens (including phenoxy) is 1. The van der Waals surface area contributed by atoms with Crippen LogP contribution in [0.3, 0.4) is 0 Å². The molecule has 0 bridgehead atoms. The lowest BCUT2D eigenvalue weighted by Crippen LogP contribution is -2.15. The molecule has 6 heteroatoms. The summed E-state index contributed by atoms with van der Waals surface area (Å²) < 4.78 is 4.87. The maximum Gasteiger partial charge on any atom is 0.335 e. The summed E-state index contributed by atoms with van der Waals surface area (Å²) in [6.07, 6.45) is 0. The predicted molar refractivity (Wildman–Crippen MR) is 71.2 cm³/mol. The maximum absolute atomic E-state index is 11.5. The van der Waals surface area contributed by atoms with E-state index in [9.17, 15) is 9.59 Å². The molecule has 0 atom stereocenters. The van der Waals surface area contributed by atoms with E-state index in [2.05, 4.69) is 5.32 Å². The first kappa shape index (κ1) is 14.5. The van der Waals surface area contributed by atoms with Gasteiger partial charge in [0.15, 0.2) is 0 Å². The Bertz CT molecular complexity index is 422. The molecule has 0 saturated carbocycles. The molecule has 18 heavy (non-hydrogen) atoms. The van der Waals surface area contributed by atoms with Gasteiger partial charge in [0.25, 0.3) is 0 Å². The molecule has 98 valence electrons. The van der Waals surface area contributed by atoms with Crippen LogP contribution in [0.25, 0.3) is 0 Å². The van der Waals surface area contributed by atoms with E-state index in [0.29, 0.717) is 18.0 Å². The number of carboxylic acids is 1. The van der Waals surface area contributed by atoms with Gasteiger partial charge in [-0.3, -0.25) is 4.79 Å². The second kappa shape index (κ2) is 7.73. The number of thioether (sulfide) groups is 1. The Hall–Kier alpha value is -1.53. The Morgan fingerprint density at radius 3 is 2.89 bits per heavy atom. The minimum atomic E-state index is -1.01. The van der Waals surface area contributed by atoms with Crippen LogP contribution in [0.2, 0.25) is 0 Å². The van der Waals surface area contributed by atoms with Gasteiger partial charge in [0.2, 0.25) is 5.91 Å². The summed E-state index contributed by atoms with van der Waals surface area (Å²) in [7, 11) is 1.61. The molecule has 0 fully saturated rings. The van der Waals surface area contributed by atoms with Gasteiger partial charge in [0, 0.05) is 18.6 Å². The van der Waals surface area contributed by atoms with Crippen molar-refractivity contribution in [1.82, 2.24) is 0 Å². The summed E-state index contributed by atoms with van der Waals surface area (Å²) in [6, 6.07) is 6.16. The van der Waals surface area contributed by atoms with Crippen LogP contribution in [0.5, 0.6) is 0 Å². The third-order valence-electron chi connectivity index (χ3n) is 2.06. The van der Waals surface area contributed by atoms with Crippen LogP contribution >= 0.6 is 11.8 Å². The lowest BCUT2D eigenvalue weighted by Gasteiger charge is -2.05. The van der Waals surface area contributed by atoms with Gasteiger partial charge in [0.05, 0.1) is 17.9 Å². The zero-order chi connectivity index (χ0) is 13.4. The Morgan fingerprint density at radius 1 is 1.44 bits per heavy atom. The summed E-state index contributed by atoms with van der Waals surface area (Å²) in [5.74, 6) is -0.0982. The number of methoxy groups -OCH3 is 1. The Kier molecular flexibility index (Phi) is 6.24. The van der Waals surface area contributed by atoms with Crippen LogP contribution < -0.4 is 5.32 Å². The van der Waals surface area contributed by atoms with Gasteiger partial charge in [-0.2, -0.15) is 0 Å². The van der Waals surface area contributed by atoms with Crippen molar-refractivity contribution in [2.24, 2.45) is 0 Å². The first-order chi connectivity index (χ1) is 8.63. The van der Waals surface area contributed by atoms with Gasteiger partial charge in [0.1, 0.15) is 0 Å². The van der Waals surface area contributed by atoms with Gasteiger partial charge in [-0.15, -0.1) is 11.8 Å². The molecule has 0 aromatic heterocycles. The Morgan fingerprint density at radius 2 is 2.22 bits per heavy atom. The standard InChI is InChI=1S/C12H15NO4S/c1-17-5-6-18-8-11(14)13-10-4-2-3-9(7-10)12(15)16/h2-4,7H,5-6,8H2,1H3,(H,13,14)(H,15,16). The number of nitrogens with one attached hydrogen (secondary N) is 1. The minimum Gasteiger partial charge on any atom is -0.478 e. The normalized spacial score (nSPS) is 10.1. The molecule has 1 aromatic rings. The largest absolute Gasteiger partial charge is 0.478 e. The molecule has 0 spiro atoms. The van der Waals surface area contributed by atoms with E-state index in [1.165, 1.54) is 23.9 Å². The molecule has 1 aromatic carbocycles. The number of hydrogen-bond acceptors (Lipinski definition) is 4. The van der Waals surface area contributed by atoms with Crippen molar-refractivity contribution in [3.8, 4) is 0 Å². The number of amides is 1. The number of rotatable bonds is 7. The highest BCUT2D eigenvalue weighted by Gasteiger charge is 2.06. The minimum absolute atomic E-state index is 0.153. The summed E-state index contributed by atoms with van der Waals surface area (Å²) in [5, 5.41) is 11.5.